The zero-order valence-electron chi connectivity index (χ0n) is 19.8. The van der Waals surface area contributed by atoms with Crippen LogP contribution in [0.5, 0.6) is 0 Å². The molecule has 2 aromatic rings. The van der Waals surface area contributed by atoms with E-state index in [-0.39, 0.29) is 11.1 Å². The van der Waals surface area contributed by atoms with Crippen molar-refractivity contribution in [2.24, 2.45) is 0 Å². The molecule has 0 spiro atoms. The number of ether oxygens (including phenoxy) is 1. The van der Waals surface area contributed by atoms with Crippen molar-refractivity contribution in [1.82, 2.24) is 14.6 Å². The maximum atomic E-state index is 12.4. The lowest BCUT2D eigenvalue weighted by molar-refractivity contribution is -0.154. The summed E-state index contributed by atoms with van der Waals surface area (Å²) in [7, 11) is -2.04. The first-order valence-corrected chi connectivity index (χ1v) is 13.9. The number of hydrogen-bond donors (Lipinski definition) is 2. The third kappa shape index (κ3) is 5.47. The lowest BCUT2D eigenvalue weighted by Crippen LogP contribution is -2.46. The third-order valence-corrected chi connectivity index (χ3v) is 11.1. The fourth-order valence-electron chi connectivity index (χ4n) is 3.54. The van der Waals surface area contributed by atoms with Crippen LogP contribution in [0.3, 0.4) is 0 Å². The Bertz CT molecular complexity index is 1030. The van der Waals surface area contributed by atoms with Crippen LogP contribution in [-0.4, -0.2) is 46.9 Å². The molecule has 2 heterocycles. The van der Waals surface area contributed by atoms with E-state index in [4.69, 9.17) is 9.16 Å². The smallest absolute Gasteiger partial charge is 0.330 e. The van der Waals surface area contributed by atoms with Crippen molar-refractivity contribution in [2.45, 2.75) is 77.2 Å². The Hall–Kier alpha value is -2.04. The average Bonchev–Trinajstić information content (AvgIpc) is 3.13. The highest BCUT2D eigenvalue weighted by Gasteiger charge is 2.43. The lowest BCUT2D eigenvalue weighted by atomic mass is 10.1. The van der Waals surface area contributed by atoms with Crippen molar-refractivity contribution in [3.05, 3.63) is 68.5 Å². The molecule has 1 saturated heterocycles. The van der Waals surface area contributed by atoms with Gasteiger partial charge in [0.05, 0.1) is 12.6 Å². The van der Waals surface area contributed by atoms with Crippen molar-refractivity contribution >= 4 is 8.32 Å². The van der Waals surface area contributed by atoms with Crippen molar-refractivity contribution in [1.29, 1.82) is 0 Å². The van der Waals surface area contributed by atoms with Gasteiger partial charge in [-0.05, 0) is 30.6 Å². The van der Waals surface area contributed by atoms with Gasteiger partial charge in [-0.2, -0.15) is 5.06 Å². The van der Waals surface area contributed by atoms with Gasteiger partial charge in [-0.1, -0.05) is 51.1 Å². The van der Waals surface area contributed by atoms with Crippen molar-refractivity contribution in [3.8, 4) is 0 Å². The predicted octanol–water partition coefficient (Wildman–Crippen LogP) is 3.41. The van der Waals surface area contributed by atoms with Gasteiger partial charge in [0.25, 0.3) is 5.56 Å². The van der Waals surface area contributed by atoms with E-state index in [0.717, 1.165) is 5.56 Å². The van der Waals surface area contributed by atoms with E-state index in [9.17, 15) is 14.8 Å². The van der Waals surface area contributed by atoms with Crippen LogP contribution in [0.1, 0.15) is 44.5 Å². The largest absolute Gasteiger partial charge is 0.414 e. The number of nitrogens with one attached hydrogen (secondary N) is 1. The average molecular weight is 462 g/mol. The SMILES string of the molecule is Cc1cn(C2CC(N(O)Cc3ccccc3)C(CO[Si](C)(C)C(C)(C)C)O2)c(=O)[nH]c1=O. The molecule has 3 rings (SSSR count). The molecule has 3 atom stereocenters. The van der Waals surface area contributed by atoms with Crippen LogP contribution in [0.25, 0.3) is 0 Å². The van der Waals surface area contributed by atoms with E-state index in [0.29, 0.717) is 25.1 Å². The number of H-pyrrole nitrogens is 1. The van der Waals surface area contributed by atoms with E-state index in [1.54, 1.807) is 6.92 Å². The molecule has 1 aliphatic heterocycles. The van der Waals surface area contributed by atoms with E-state index in [2.05, 4.69) is 38.8 Å². The molecule has 3 unspecified atom stereocenters. The highest BCUT2D eigenvalue weighted by molar-refractivity contribution is 6.74. The maximum Gasteiger partial charge on any atom is 0.330 e. The molecule has 1 aromatic heterocycles. The van der Waals surface area contributed by atoms with Crippen LogP contribution in [0.4, 0.5) is 0 Å². The molecule has 9 heteroatoms. The fourth-order valence-corrected chi connectivity index (χ4v) is 4.56. The van der Waals surface area contributed by atoms with Gasteiger partial charge in [-0.15, -0.1) is 0 Å². The van der Waals surface area contributed by atoms with Gasteiger partial charge >= 0.3 is 5.69 Å². The van der Waals surface area contributed by atoms with E-state index < -0.39 is 31.9 Å². The maximum absolute atomic E-state index is 12.4. The number of aromatic amines is 1. The molecular weight excluding hydrogens is 426 g/mol. The Morgan fingerprint density at radius 3 is 2.53 bits per heavy atom. The van der Waals surface area contributed by atoms with Gasteiger partial charge in [0.1, 0.15) is 12.3 Å². The van der Waals surface area contributed by atoms with Crippen LogP contribution >= 0.6 is 0 Å². The van der Waals surface area contributed by atoms with Gasteiger partial charge < -0.3 is 14.4 Å². The normalized spacial score (nSPS) is 21.9. The number of aromatic nitrogens is 2. The molecule has 32 heavy (non-hydrogen) atoms. The second kappa shape index (κ2) is 9.44. The number of nitrogens with zero attached hydrogens (tertiary/aromatic N) is 2. The van der Waals surface area contributed by atoms with Gasteiger partial charge in [0.15, 0.2) is 8.32 Å². The van der Waals surface area contributed by atoms with Crippen molar-refractivity contribution in [2.75, 3.05) is 6.61 Å². The number of rotatable bonds is 7. The van der Waals surface area contributed by atoms with Gasteiger partial charge in [0, 0.05) is 24.7 Å². The zero-order chi connectivity index (χ0) is 23.7. The number of aryl methyl sites for hydroxylation is 1. The summed E-state index contributed by atoms with van der Waals surface area (Å²) >= 11 is 0. The standard InChI is InChI=1S/C23H35N3O5Si/c1-16-13-25(22(28)24-21(16)27)20-12-18(26(29)14-17-10-8-7-9-11-17)19(31-20)15-30-32(5,6)23(2,3)4/h7-11,13,18-20,29H,12,14-15H2,1-6H3,(H,24,27,28). The van der Waals surface area contributed by atoms with Crippen LogP contribution < -0.4 is 11.2 Å². The molecule has 1 fully saturated rings. The topological polar surface area (TPSA) is 96.8 Å². The van der Waals surface area contributed by atoms with Gasteiger partial charge in [-0.25, -0.2) is 4.79 Å². The number of benzene rings is 1. The molecule has 2 N–H and O–H groups in total. The van der Waals surface area contributed by atoms with Crippen LogP contribution in [0.2, 0.25) is 18.1 Å². The van der Waals surface area contributed by atoms with Gasteiger partial charge in [0.2, 0.25) is 0 Å². The monoisotopic (exact) mass is 461 g/mol. The first-order valence-electron chi connectivity index (χ1n) is 11.0. The highest BCUT2D eigenvalue weighted by Crippen LogP contribution is 2.38. The summed E-state index contributed by atoms with van der Waals surface area (Å²) in [5.74, 6) is 0. The highest BCUT2D eigenvalue weighted by atomic mass is 28.4. The lowest BCUT2D eigenvalue weighted by Gasteiger charge is -2.37. The Morgan fingerprint density at radius 2 is 1.91 bits per heavy atom. The first-order chi connectivity index (χ1) is 14.9. The molecule has 176 valence electrons. The van der Waals surface area contributed by atoms with Crippen molar-refractivity contribution < 1.29 is 14.4 Å². The summed E-state index contributed by atoms with van der Waals surface area (Å²) in [5.41, 5.74) is 0.463. The van der Waals surface area contributed by atoms with Gasteiger partial charge in [-0.3, -0.25) is 14.3 Å². The van der Waals surface area contributed by atoms with Crippen molar-refractivity contribution in [3.63, 3.8) is 0 Å². The fraction of sp³-hybridized carbons (Fsp3) is 0.565. The Kier molecular flexibility index (Phi) is 7.26. The molecule has 0 bridgehead atoms. The second-order valence-electron chi connectivity index (χ2n) is 10.1. The molecule has 0 aliphatic carbocycles. The summed E-state index contributed by atoms with van der Waals surface area (Å²) in [6.07, 6.45) is 0.863. The number of hydroxylamine groups is 2. The molecule has 0 radical (unpaired) electrons. The summed E-state index contributed by atoms with van der Waals surface area (Å²) in [5, 5.41) is 12.3. The molecule has 8 nitrogen and oxygen atoms in total. The first kappa shape index (κ1) is 24.6. The molecule has 0 amide bonds. The summed E-state index contributed by atoms with van der Waals surface area (Å²) in [6, 6.07) is 9.32. The Balaban J connectivity index is 1.84. The molecular formula is C23H35N3O5Si. The zero-order valence-corrected chi connectivity index (χ0v) is 20.8. The number of hydrogen-bond acceptors (Lipinski definition) is 6. The van der Waals surface area contributed by atoms with Crippen LogP contribution in [-0.2, 0) is 15.7 Å². The minimum atomic E-state index is -2.04. The Labute approximate surface area is 189 Å². The van der Waals surface area contributed by atoms with E-state index in [1.807, 2.05) is 30.3 Å². The molecule has 0 saturated carbocycles. The van der Waals surface area contributed by atoms with Crippen LogP contribution in [0.15, 0.2) is 46.1 Å². The summed E-state index contributed by atoms with van der Waals surface area (Å²) in [4.78, 5) is 26.5. The molecule has 1 aliphatic rings. The van der Waals surface area contributed by atoms with E-state index >= 15 is 0 Å². The summed E-state index contributed by atoms with van der Waals surface area (Å²) < 4.78 is 14.0. The van der Waals surface area contributed by atoms with E-state index in [1.165, 1.54) is 15.8 Å². The third-order valence-electron chi connectivity index (χ3n) is 6.65. The molecule has 1 aromatic carbocycles. The summed E-state index contributed by atoms with van der Waals surface area (Å²) in [6.45, 7) is 13.2. The predicted molar refractivity (Wildman–Crippen MR) is 125 cm³/mol. The minimum absolute atomic E-state index is 0.0381. The second-order valence-corrected chi connectivity index (χ2v) is 14.9. The minimum Gasteiger partial charge on any atom is -0.414 e. The Morgan fingerprint density at radius 1 is 1.25 bits per heavy atom. The quantitative estimate of drug-likeness (QED) is 0.484. The van der Waals surface area contributed by atoms with Crippen LogP contribution in [0, 0.1) is 6.92 Å².